The molecule has 0 heterocycles. The molecule has 2 aromatic rings. The predicted molar refractivity (Wildman–Crippen MR) is 121 cm³/mol. The number of aryl methyl sites for hydroxylation is 1. The van der Waals surface area contributed by atoms with Crippen molar-refractivity contribution in [3.05, 3.63) is 59.2 Å². The van der Waals surface area contributed by atoms with Crippen molar-refractivity contribution in [1.29, 1.82) is 0 Å². The fourth-order valence-electron chi connectivity index (χ4n) is 4.66. The molecule has 2 heteroatoms. The lowest BCUT2D eigenvalue weighted by molar-refractivity contribution is -0.140. The van der Waals surface area contributed by atoms with Crippen LogP contribution >= 0.6 is 0 Å². The fourth-order valence-corrected chi connectivity index (χ4v) is 4.66. The van der Waals surface area contributed by atoms with E-state index >= 15 is 0 Å². The highest BCUT2D eigenvalue weighted by Gasteiger charge is 2.50. The topological polar surface area (TPSA) is 26.3 Å². The minimum atomic E-state index is -0.939. The summed E-state index contributed by atoms with van der Waals surface area (Å²) in [6.45, 7) is 9.34. The van der Waals surface area contributed by atoms with E-state index in [2.05, 4.69) is 64.1 Å². The third-order valence-electron chi connectivity index (χ3n) is 6.07. The number of benzene rings is 2. The molecule has 0 radical (unpaired) electrons. The predicted octanol–water partition coefficient (Wildman–Crippen LogP) is 7.21. The second kappa shape index (κ2) is 9.71. The first kappa shape index (κ1) is 21.8. The molecule has 2 nitrogen and oxygen atoms in total. The minimum absolute atomic E-state index is 0.218. The van der Waals surface area contributed by atoms with Crippen LogP contribution in [0.25, 0.3) is 11.1 Å². The second-order valence-corrected chi connectivity index (χ2v) is 8.84. The third kappa shape index (κ3) is 4.33. The van der Waals surface area contributed by atoms with Crippen molar-refractivity contribution in [2.24, 2.45) is 5.92 Å². The molecule has 3 rings (SSSR count). The largest absolute Gasteiger partial charge is 0.358 e. The molecule has 0 N–H and O–H groups in total. The van der Waals surface area contributed by atoms with Gasteiger partial charge in [0, 0.05) is 24.2 Å². The zero-order valence-electron chi connectivity index (χ0n) is 18.6. The zero-order chi connectivity index (χ0) is 20.9. The molecule has 0 saturated carbocycles. The highest BCUT2D eigenvalue weighted by Crippen LogP contribution is 2.52. The van der Waals surface area contributed by atoms with E-state index in [0.29, 0.717) is 13.0 Å². The Morgan fingerprint density at radius 2 is 1.69 bits per heavy atom. The summed E-state index contributed by atoms with van der Waals surface area (Å²) < 4.78 is 6.50. The molecule has 0 aromatic heterocycles. The number of hydrogen-bond acceptors (Lipinski definition) is 2. The number of fused-ring (bicyclic) bond motifs is 3. The summed E-state index contributed by atoms with van der Waals surface area (Å²) in [6.07, 6.45) is 7.27. The monoisotopic (exact) mass is 392 g/mol. The number of ketones is 1. The average Bonchev–Trinajstić information content (AvgIpc) is 3.01. The fraction of sp³-hybridized carbons (Fsp3) is 0.519. The molecule has 1 aliphatic carbocycles. The highest BCUT2D eigenvalue weighted by atomic mass is 16.5. The Labute approximate surface area is 176 Å². The maximum absolute atomic E-state index is 13.8. The number of carbonyl (C=O) groups is 1. The van der Waals surface area contributed by atoms with Crippen molar-refractivity contribution in [3.63, 3.8) is 0 Å². The van der Waals surface area contributed by atoms with Crippen molar-refractivity contribution in [3.8, 4) is 11.1 Å². The summed E-state index contributed by atoms with van der Waals surface area (Å²) in [5, 5.41) is 0. The van der Waals surface area contributed by atoms with E-state index in [9.17, 15) is 4.79 Å². The van der Waals surface area contributed by atoms with Crippen LogP contribution in [0.3, 0.4) is 0 Å². The quantitative estimate of drug-likeness (QED) is 0.378. The standard InChI is InChI=1S/C27H36O2/c1-5-19-29-27(25(28)18-9-7-6-8-13-20(2)3)24-17-11-10-15-22(24)23-16-12-14-21(4)26(23)27/h10-12,14-17,20H,5-9,13,18-19H2,1-4H3. The Hall–Kier alpha value is -1.93. The maximum atomic E-state index is 13.8. The van der Waals surface area contributed by atoms with Crippen LogP contribution in [0.1, 0.15) is 82.4 Å². The van der Waals surface area contributed by atoms with Crippen LogP contribution in [-0.4, -0.2) is 12.4 Å². The molecule has 1 aliphatic rings. The van der Waals surface area contributed by atoms with E-state index in [-0.39, 0.29) is 5.78 Å². The molecule has 1 unspecified atom stereocenters. The van der Waals surface area contributed by atoms with Crippen LogP contribution in [0.2, 0.25) is 0 Å². The molecule has 2 aromatic carbocycles. The first-order valence-corrected chi connectivity index (χ1v) is 11.4. The number of rotatable bonds is 11. The minimum Gasteiger partial charge on any atom is -0.358 e. The molecule has 1 atom stereocenters. The van der Waals surface area contributed by atoms with Crippen LogP contribution in [0.15, 0.2) is 42.5 Å². The highest BCUT2D eigenvalue weighted by molar-refractivity contribution is 6.00. The van der Waals surface area contributed by atoms with Gasteiger partial charge in [0.25, 0.3) is 0 Å². The van der Waals surface area contributed by atoms with Crippen molar-refractivity contribution in [2.45, 2.75) is 78.2 Å². The molecule has 156 valence electrons. The molecule has 0 spiro atoms. The third-order valence-corrected chi connectivity index (χ3v) is 6.07. The van der Waals surface area contributed by atoms with Crippen LogP contribution in [0, 0.1) is 12.8 Å². The maximum Gasteiger partial charge on any atom is 0.177 e. The number of hydrogen-bond donors (Lipinski definition) is 0. The number of unbranched alkanes of at least 4 members (excludes halogenated alkanes) is 3. The van der Waals surface area contributed by atoms with Gasteiger partial charge in [-0.05, 0) is 42.4 Å². The van der Waals surface area contributed by atoms with Crippen LogP contribution in [0.5, 0.6) is 0 Å². The molecule has 0 aliphatic heterocycles. The Bertz CT molecular complexity index is 836. The van der Waals surface area contributed by atoms with Gasteiger partial charge >= 0.3 is 0 Å². The van der Waals surface area contributed by atoms with Crippen molar-refractivity contribution >= 4 is 5.78 Å². The summed E-state index contributed by atoms with van der Waals surface area (Å²) in [4.78, 5) is 13.8. The summed E-state index contributed by atoms with van der Waals surface area (Å²) >= 11 is 0. The summed E-state index contributed by atoms with van der Waals surface area (Å²) in [7, 11) is 0. The Morgan fingerprint density at radius 3 is 2.45 bits per heavy atom. The van der Waals surface area contributed by atoms with E-state index in [1.54, 1.807) is 0 Å². The zero-order valence-corrected chi connectivity index (χ0v) is 18.6. The molecule has 0 bridgehead atoms. The molecule has 0 fully saturated rings. The van der Waals surface area contributed by atoms with E-state index in [0.717, 1.165) is 53.0 Å². The van der Waals surface area contributed by atoms with E-state index in [1.807, 2.05) is 6.07 Å². The number of Topliss-reactive ketones (excluding diaryl/α,β-unsaturated/α-hetero) is 1. The van der Waals surface area contributed by atoms with Gasteiger partial charge in [-0.1, -0.05) is 88.9 Å². The van der Waals surface area contributed by atoms with Gasteiger partial charge in [0.1, 0.15) is 0 Å². The lowest BCUT2D eigenvalue weighted by Gasteiger charge is -2.32. The molecular formula is C27H36O2. The van der Waals surface area contributed by atoms with Crippen LogP contribution in [-0.2, 0) is 15.1 Å². The van der Waals surface area contributed by atoms with Gasteiger partial charge in [-0.3, -0.25) is 4.79 Å². The Kier molecular flexibility index (Phi) is 7.29. The van der Waals surface area contributed by atoms with Gasteiger partial charge < -0.3 is 4.74 Å². The van der Waals surface area contributed by atoms with Gasteiger partial charge in [-0.2, -0.15) is 0 Å². The second-order valence-electron chi connectivity index (χ2n) is 8.84. The summed E-state index contributed by atoms with van der Waals surface area (Å²) in [6, 6.07) is 14.6. The van der Waals surface area contributed by atoms with E-state index in [1.165, 1.54) is 19.3 Å². The van der Waals surface area contributed by atoms with Crippen molar-refractivity contribution in [2.75, 3.05) is 6.61 Å². The normalized spacial score (nSPS) is 17.4. The number of carbonyl (C=O) groups excluding carboxylic acids is 1. The SMILES string of the molecule is CCCOC1(C(=O)CCCCCCC(C)C)c2ccccc2-c2cccc(C)c21. The molecule has 29 heavy (non-hydrogen) atoms. The molecule has 0 saturated heterocycles. The van der Waals surface area contributed by atoms with E-state index < -0.39 is 5.60 Å². The van der Waals surface area contributed by atoms with Gasteiger partial charge in [-0.25, -0.2) is 0 Å². The van der Waals surface area contributed by atoms with Gasteiger partial charge in [0.2, 0.25) is 0 Å². The van der Waals surface area contributed by atoms with Gasteiger partial charge in [0.05, 0.1) is 0 Å². The van der Waals surface area contributed by atoms with Crippen molar-refractivity contribution in [1.82, 2.24) is 0 Å². The van der Waals surface area contributed by atoms with E-state index in [4.69, 9.17) is 4.74 Å². The van der Waals surface area contributed by atoms with Crippen LogP contribution in [0.4, 0.5) is 0 Å². The lowest BCUT2D eigenvalue weighted by Crippen LogP contribution is -2.39. The Morgan fingerprint density at radius 1 is 0.966 bits per heavy atom. The lowest BCUT2D eigenvalue weighted by atomic mass is 9.82. The first-order chi connectivity index (χ1) is 14.0. The smallest absolute Gasteiger partial charge is 0.177 e. The Balaban J connectivity index is 1.88. The molecular weight excluding hydrogens is 356 g/mol. The average molecular weight is 393 g/mol. The summed E-state index contributed by atoms with van der Waals surface area (Å²) in [5.74, 6) is 0.979. The number of ether oxygens (including phenoxy) is 1. The van der Waals surface area contributed by atoms with Crippen molar-refractivity contribution < 1.29 is 9.53 Å². The van der Waals surface area contributed by atoms with Gasteiger partial charge in [-0.15, -0.1) is 0 Å². The van der Waals surface area contributed by atoms with Gasteiger partial charge in [0.15, 0.2) is 11.4 Å². The molecule has 0 amide bonds. The summed E-state index contributed by atoms with van der Waals surface area (Å²) in [5.41, 5.74) is 4.60. The van der Waals surface area contributed by atoms with Crippen LogP contribution < -0.4 is 0 Å². The first-order valence-electron chi connectivity index (χ1n) is 11.4.